The van der Waals surface area contributed by atoms with Crippen molar-refractivity contribution in [2.75, 3.05) is 13.1 Å². The molecule has 1 aromatic heterocycles. The molecule has 1 saturated heterocycles. The number of nitrogens with zero attached hydrogens (tertiary/aromatic N) is 1. The molecule has 0 bridgehead atoms. The number of carbonyl (C=O) groups excluding carboxylic acids is 1. The van der Waals surface area contributed by atoms with E-state index in [0.29, 0.717) is 6.42 Å². The minimum atomic E-state index is -0.0228. The first-order valence-corrected chi connectivity index (χ1v) is 6.23. The van der Waals surface area contributed by atoms with Crippen molar-refractivity contribution in [3.05, 3.63) is 30.1 Å². The highest BCUT2D eigenvalue weighted by atomic mass is 16.1. The molecule has 2 rings (SSSR count). The Morgan fingerprint density at radius 1 is 1.50 bits per heavy atom. The lowest BCUT2D eigenvalue weighted by Gasteiger charge is -2.21. The summed E-state index contributed by atoms with van der Waals surface area (Å²) in [5, 5.41) is 13.7. The molecular formula is C13H18N4O. The highest BCUT2D eigenvalue weighted by molar-refractivity contribution is 5.98. The molecule has 1 aliphatic heterocycles. The van der Waals surface area contributed by atoms with Crippen LogP contribution in [0.4, 0.5) is 0 Å². The number of nitrogens with one attached hydrogen (secondary N) is 3. The van der Waals surface area contributed by atoms with Crippen LogP contribution in [0.3, 0.4) is 0 Å². The highest BCUT2D eigenvalue weighted by Gasteiger charge is 2.21. The second-order valence-corrected chi connectivity index (χ2v) is 4.53. The Balaban J connectivity index is 1.82. The lowest BCUT2D eigenvalue weighted by Crippen LogP contribution is -2.41. The monoisotopic (exact) mass is 246 g/mol. The zero-order valence-electron chi connectivity index (χ0n) is 10.3. The number of amides is 1. The van der Waals surface area contributed by atoms with E-state index in [1.165, 1.54) is 0 Å². The molecule has 1 fully saturated rings. The van der Waals surface area contributed by atoms with Gasteiger partial charge in [-0.15, -0.1) is 0 Å². The van der Waals surface area contributed by atoms with Crippen molar-refractivity contribution in [2.24, 2.45) is 5.92 Å². The Labute approximate surface area is 107 Å². The maximum Gasteiger partial charge on any atom is 0.228 e. The number of hydrogen-bond donors (Lipinski definition) is 3. The predicted octanol–water partition coefficient (Wildman–Crippen LogP) is 0.717. The molecule has 18 heavy (non-hydrogen) atoms. The van der Waals surface area contributed by atoms with Gasteiger partial charge in [0.05, 0.1) is 0 Å². The average molecular weight is 246 g/mol. The van der Waals surface area contributed by atoms with E-state index in [2.05, 4.69) is 15.6 Å². The van der Waals surface area contributed by atoms with Crippen LogP contribution >= 0.6 is 0 Å². The van der Waals surface area contributed by atoms with Crippen molar-refractivity contribution in [3.8, 4) is 0 Å². The van der Waals surface area contributed by atoms with Crippen LogP contribution in [0.15, 0.2) is 24.5 Å². The fraction of sp³-hybridized carbons (Fsp3) is 0.462. The highest BCUT2D eigenvalue weighted by Crippen LogP contribution is 2.11. The van der Waals surface area contributed by atoms with Crippen molar-refractivity contribution in [2.45, 2.75) is 19.3 Å². The van der Waals surface area contributed by atoms with E-state index in [1.807, 2.05) is 12.1 Å². The van der Waals surface area contributed by atoms with E-state index in [4.69, 9.17) is 5.41 Å². The van der Waals surface area contributed by atoms with Gasteiger partial charge in [-0.2, -0.15) is 0 Å². The molecule has 5 nitrogen and oxygen atoms in total. The van der Waals surface area contributed by atoms with E-state index < -0.39 is 0 Å². The Bertz CT molecular complexity index is 412. The van der Waals surface area contributed by atoms with Gasteiger partial charge in [-0.3, -0.25) is 15.2 Å². The molecule has 1 amide bonds. The molecule has 2 heterocycles. The summed E-state index contributed by atoms with van der Waals surface area (Å²) in [5.41, 5.74) is 0.938. The van der Waals surface area contributed by atoms with Gasteiger partial charge in [-0.1, -0.05) is 6.07 Å². The molecule has 5 heteroatoms. The van der Waals surface area contributed by atoms with E-state index in [1.54, 1.807) is 12.4 Å². The number of hydrogen-bond acceptors (Lipinski definition) is 4. The van der Waals surface area contributed by atoms with Gasteiger partial charge in [-0.25, -0.2) is 0 Å². The van der Waals surface area contributed by atoms with Crippen molar-refractivity contribution < 1.29 is 4.79 Å². The van der Waals surface area contributed by atoms with Gasteiger partial charge in [0.1, 0.15) is 5.84 Å². The van der Waals surface area contributed by atoms with E-state index >= 15 is 0 Å². The normalized spacial score (nSPS) is 16.2. The third-order valence-corrected chi connectivity index (χ3v) is 3.09. The fourth-order valence-corrected chi connectivity index (χ4v) is 2.09. The van der Waals surface area contributed by atoms with E-state index in [-0.39, 0.29) is 17.7 Å². The maximum absolute atomic E-state index is 11.9. The molecule has 0 spiro atoms. The first-order chi connectivity index (χ1) is 8.75. The minimum Gasteiger partial charge on any atom is -0.317 e. The van der Waals surface area contributed by atoms with Crippen molar-refractivity contribution in [1.29, 1.82) is 5.41 Å². The number of rotatable bonds is 3. The quantitative estimate of drug-likeness (QED) is 0.543. The first-order valence-electron chi connectivity index (χ1n) is 6.23. The molecular weight excluding hydrogens is 228 g/mol. The summed E-state index contributed by atoms with van der Waals surface area (Å²) in [6.45, 7) is 1.77. The van der Waals surface area contributed by atoms with Gasteiger partial charge in [0, 0.05) is 24.7 Å². The number of piperidine rings is 1. The molecule has 0 saturated carbocycles. The predicted molar refractivity (Wildman–Crippen MR) is 69.4 cm³/mol. The molecule has 0 aliphatic carbocycles. The Morgan fingerprint density at radius 2 is 2.28 bits per heavy atom. The number of amidine groups is 1. The molecule has 0 unspecified atom stereocenters. The maximum atomic E-state index is 11.9. The zero-order chi connectivity index (χ0) is 12.8. The van der Waals surface area contributed by atoms with Crippen LogP contribution in [0.2, 0.25) is 0 Å². The largest absolute Gasteiger partial charge is 0.317 e. The standard InChI is InChI=1S/C13H18N4O/c14-12(8-10-2-1-5-16-9-10)17-13(18)11-3-6-15-7-4-11/h1-2,5,9,11,15H,3-4,6-8H2,(H2,14,17,18). The lowest BCUT2D eigenvalue weighted by molar-refractivity contribution is -0.124. The summed E-state index contributed by atoms with van der Waals surface area (Å²) < 4.78 is 0. The van der Waals surface area contributed by atoms with E-state index in [0.717, 1.165) is 31.5 Å². The van der Waals surface area contributed by atoms with Crippen LogP contribution in [0.25, 0.3) is 0 Å². The zero-order valence-corrected chi connectivity index (χ0v) is 10.3. The van der Waals surface area contributed by atoms with Gasteiger partial charge in [-0.05, 0) is 37.6 Å². The van der Waals surface area contributed by atoms with Crippen LogP contribution in [-0.2, 0) is 11.2 Å². The van der Waals surface area contributed by atoms with Crippen molar-refractivity contribution in [3.63, 3.8) is 0 Å². The molecule has 0 aromatic carbocycles. The smallest absolute Gasteiger partial charge is 0.228 e. The third kappa shape index (κ3) is 3.63. The topological polar surface area (TPSA) is 77.9 Å². The van der Waals surface area contributed by atoms with Gasteiger partial charge >= 0.3 is 0 Å². The van der Waals surface area contributed by atoms with Crippen LogP contribution < -0.4 is 10.6 Å². The second-order valence-electron chi connectivity index (χ2n) is 4.53. The minimum absolute atomic E-state index is 0.0228. The van der Waals surface area contributed by atoms with Crippen LogP contribution in [0, 0.1) is 11.3 Å². The van der Waals surface area contributed by atoms with Crippen molar-refractivity contribution >= 4 is 11.7 Å². The molecule has 3 N–H and O–H groups in total. The summed E-state index contributed by atoms with van der Waals surface area (Å²) in [7, 11) is 0. The van der Waals surface area contributed by atoms with Gasteiger partial charge < -0.3 is 10.6 Å². The second kappa shape index (κ2) is 6.26. The lowest BCUT2D eigenvalue weighted by atomic mass is 9.97. The van der Waals surface area contributed by atoms with Crippen molar-refractivity contribution in [1.82, 2.24) is 15.6 Å². The Kier molecular flexibility index (Phi) is 4.41. The van der Waals surface area contributed by atoms with E-state index in [9.17, 15) is 4.79 Å². The average Bonchev–Trinajstić information content (AvgIpc) is 2.40. The Hall–Kier alpha value is -1.75. The molecule has 1 aliphatic rings. The number of aromatic nitrogens is 1. The number of carbonyl (C=O) groups is 1. The Morgan fingerprint density at radius 3 is 2.94 bits per heavy atom. The fourth-order valence-electron chi connectivity index (χ4n) is 2.09. The van der Waals surface area contributed by atoms with Crippen LogP contribution in [0.1, 0.15) is 18.4 Å². The van der Waals surface area contributed by atoms with Gasteiger partial charge in [0.15, 0.2) is 0 Å². The summed E-state index contributed by atoms with van der Waals surface area (Å²) >= 11 is 0. The first kappa shape index (κ1) is 12.7. The SMILES string of the molecule is N=C(Cc1cccnc1)NC(=O)C1CCNCC1. The van der Waals surface area contributed by atoms with Gasteiger partial charge in [0.2, 0.25) is 5.91 Å². The molecule has 1 aromatic rings. The van der Waals surface area contributed by atoms with Gasteiger partial charge in [0.25, 0.3) is 0 Å². The summed E-state index contributed by atoms with van der Waals surface area (Å²) in [5.74, 6) is 0.262. The molecule has 96 valence electrons. The summed E-state index contributed by atoms with van der Waals surface area (Å²) in [6.07, 6.45) is 5.54. The third-order valence-electron chi connectivity index (χ3n) is 3.09. The number of pyridine rings is 1. The molecule has 0 radical (unpaired) electrons. The van der Waals surface area contributed by atoms with Crippen LogP contribution in [-0.4, -0.2) is 29.8 Å². The van der Waals surface area contributed by atoms with Crippen LogP contribution in [0.5, 0.6) is 0 Å². The summed E-state index contributed by atoms with van der Waals surface area (Å²) in [6, 6.07) is 3.73. The molecule has 0 atom stereocenters. The summed E-state index contributed by atoms with van der Waals surface area (Å²) in [4.78, 5) is 15.9.